The molecule has 6 nitrogen and oxygen atoms in total. The van der Waals surface area contributed by atoms with Gasteiger partial charge in [-0.05, 0) is 38.5 Å². The van der Waals surface area contributed by atoms with Crippen LogP contribution in [-0.2, 0) is 9.59 Å². The summed E-state index contributed by atoms with van der Waals surface area (Å²) in [6.07, 6.45) is 3.08. The average Bonchev–Trinajstić information content (AvgIpc) is 2.61. The van der Waals surface area contributed by atoms with Crippen LogP contribution in [0.3, 0.4) is 0 Å². The van der Waals surface area contributed by atoms with Gasteiger partial charge in [0.15, 0.2) is 0 Å². The number of amides is 2. The fourth-order valence-electron chi connectivity index (χ4n) is 2.47. The molecule has 1 unspecified atom stereocenters. The molecule has 2 rings (SSSR count). The quantitative estimate of drug-likeness (QED) is 0.705. The normalized spacial score (nSPS) is 12.3. The number of carbonyl (C=O) groups is 2. The van der Waals surface area contributed by atoms with E-state index in [4.69, 9.17) is 0 Å². The Morgan fingerprint density at radius 3 is 2.44 bits per heavy atom. The van der Waals surface area contributed by atoms with Gasteiger partial charge in [-0.15, -0.1) is 0 Å². The zero-order valence-corrected chi connectivity index (χ0v) is 14.7. The number of rotatable bonds is 6. The molecule has 25 heavy (non-hydrogen) atoms. The Kier molecular flexibility index (Phi) is 6.25. The SMILES string of the molecule is CC(NC(C)(C)CNC(=O)C(=O)Nc1cccnc1)c1ccccc1. The number of pyridine rings is 1. The number of anilines is 1. The van der Waals surface area contributed by atoms with Crippen molar-refractivity contribution in [2.75, 3.05) is 11.9 Å². The largest absolute Gasteiger partial charge is 0.346 e. The van der Waals surface area contributed by atoms with Gasteiger partial charge >= 0.3 is 11.8 Å². The van der Waals surface area contributed by atoms with Gasteiger partial charge in [-0.2, -0.15) is 0 Å². The Morgan fingerprint density at radius 2 is 1.80 bits per heavy atom. The van der Waals surface area contributed by atoms with Gasteiger partial charge in [-0.1, -0.05) is 30.3 Å². The summed E-state index contributed by atoms with van der Waals surface area (Å²) in [7, 11) is 0. The minimum atomic E-state index is -0.708. The Balaban J connectivity index is 1.84. The van der Waals surface area contributed by atoms with Crippen LogP contribution in [-0.4, -0.2) is 28.9 Å². The van der Waals surface area contributed by atoms with Crippen LogP contribution >= 0.6 is 0 Å². The summed E-state index contributed by atoms with van der Waals surface area (Å²) >= 11 is 0. The molecule has 0 saturated heterocycles. The van der Waals surface area contributed by atoms with E-state index in [2.05, 4.69) is 27.9 Å². The molecule has 1 atom stereocenters. The maximum Gasteiger partial charge on any atom is 0.313 e. The van der Waals surface area contributed by atoms with E-state index in [1.165, 1.54) is 6.20 Å². The maximum atomic E-state index is 12.0. The molecule has 1 aromatic carbocycles. The van der Waals surface area contributed by atoms with Gasteiger partial charge in [-0.25, -0.2) is 0 Å². The molecule has 0 saturated carbocycles. The minimum absolute atomic E-state index is 0.123. The zero-order valence-electron chi connectivity index (χ0n) is 14.7. The number of benzene rings is 1. The number of carbonyl (C=O) groups excluding carboxylic acids is 2. The third-order valence-corrected chi connectivity index (χ3v) is 3.72. The van der Waals surface area contributed by atoms with Crippen LogP contribution in [0.5, 0.6) is 0 Å². The Labute approximate surface area is 148 Å². The number of nitrogens with one attached hydrogen (secondary N) is 3. The van der Waals surface area contributed by atoms with Crippen molar-refractivity contribution in [3.63, 3.8) is 0 Å². The highest BCUT2D eigenvalue weighted by molar-refractivity contribution is 6.39. The van der Waals surface area contributed by atoms with Crippen molar-refractivity contribution in [3.8, 4) is 0 Å². The number of nitrogens with zero attached hydrogens (tertiary/aromatic N) is 1. The first kappa shape index (κ1) is 18.6. The molecular weight excluding hydrogens is 316 g/mol. The third-order valence-electron chi connectivity index (χ3n) is 3.72. The smallest absolute Gasteiger partial charge is 0.313 e. The van der Waals surface area contributed by atoms with E-state index in [1.807, 2.05) is 44.2 Å². The summed E-state index contributed by atoms with van der Waals surface area (Å²) in [4.78, 5) is 27.8. The summed E-state index contributed by atoms with van der Waals surface area (Å²) in [6.45, 7) is 6.34. The second-order valence-electron chi connectivity index (χ2n) is 6.54. The lowest BCUT2D eigenvalue weighted by molar-refractivity contribution is -0.136. The molecule has 6 heteroatoms. The topological polar surface area (TPSA) is 83.1 Å². The van der Waals surface area contributed by atoms with Gasteiger partial charge in [0, 0.05) is 24.3 Å². The van der Waals surface area contributed by atoms with E-state index in [-0.39, 0.29) is 11.6 Å². The first-order valence-corrected chi connectivity index (χ1v) is 8.19. The predicted octanol–water partition coefficient (Wildman–Crippen LogP) is 2.27. The molecule has 0 aliphatic carbocycles. The summed E-state index contributed by atoms with van der Waals surface area (Å²) in [6, 6.07) is 13.5. The molecule has 1 aromatic heterocycles. The molecule has 0 radical (unpaired) electrons. The van der Waals surface area contributed by atoms with Crippen molar-refractivity contribution in [2.45, 2.75) is 32.4 Å². The standard InChI is InChI=1S/C19H24N4O2/c1-14(15-8-5-4-6-9-15)23-19(2,3)13-21-17(24)18(25)22-16-10-7-11-20-12-16/h4-12,14,23H,13H2,1-3H3,(H,21,24)(H,22,25). The molecule has 0 aliphatic rings. The molecule has 0 spiro atoms. The molecule has 0 fully saturated rings. The highest BCUT2D eigenvalue weighted by Gasteiger charge is 2.23. The van der Waals surface area contributed by atoms with Crippen molar-refractivity contribution < 1.29 is 9.59 Å². The van der Waals surface area contributed by atoms with Gasteiger partial charge in [0.1, 0.15) is 0 Å². The first-order valence-electron chi connectivity index (χ1n) is 8.19. The van der Waals surface area contributed by atoms with E-state index in [9.17, 15) is 9.59 Å². The highest BCUT2D eigenvalue weighted by Crippen LogP contribution is 2.15. The second-order valence-corrected chi connectivity index (χ2v) is 6.54. The van der Waals surface area contributed by atoms with Gasteiger partial charge in [0.05, 0.1) is 11.9 Å². The molecular formula is C19H24N4O2. The second kappa shape index (κ2) is 8.39. The number of aromatic nitrogens is 1. The van der Waals surface area contributed by atoms with Crippen LogP contribution in [0.4, 0.5) is 5.69 Å². The van der Waals surface area contributed by atoms with Crippen molar-refractivity contribution in [3.05, 3.63) is 60.4 Å². The van der Waals surface area contributed by atoms with E-state index in [0.717, 1.165) is 5.56 Å². The lowest BCUT2D eigenvalue weighted by Gasteiger charge is -2.30. The van der Waals surface area contributed by atoms with Gasteiger partial charge in [0.25, 0.3) is 0 Å². The lowest BCUT2D eigenvalue weighted by atomic mass is 10.0. The van der Waals surface area contributed by atoms with Crippen molar-refractivity contribution in [2.24, 2.45) is 0 Å². The van der Waals surface area contributed by atoms with Crippen molar-refractivity contribution in [1.82, 2.24) is 15.6 Å². The van der Waals surface area contributed by atoms with Gasteiger partial charge in [0.2, 0.25) is 0 Å². The van der Waals surface area contributed by atoms with Crippen LogP contribution in [0.2, 0.25) is 0 Å². The summed E-state index contributed by atoms with van der Waals surface area (Å²) in [5.74, 6) is -1.38. The molecule has 2 amide bonds. The fourth-order valence-corrected chi connectivity index (χ4v) is 2.47. The Morgan fingerprint density at radius 1 is 1.08 bits per heavy atom. The van der Waals surface area contributed by atoms with Crippen LogP contribution in [0.1, 0.15) is 32.4 Å². The van der Waals surface area contributed by atoms with E-state index < -0.39 is 11.8 Å². The molecule has 1 heterocycles. The zero-order chi connectivity index (χ0) is 18.3. The molecule has 2 aromatic rings. The lowest BCUT2D eigenvalue weighted by Crippen LogP contribution is -2.51. The van der Waals surface area contributed by atoms with Crippen LogP contribution in [0, 0.1) is 0 Å². The van der Waals surface area contributed by atoms with E-state index >= 15 is 0 Å². The summed E-state index contributed by atoms with van der Waals surface area (Å²) < 4.78 is 0. The molecule has 132 valence electrons. The van der Waals surface area contributed by atoms with Crippen molar-refractivity contribution >= 4 is 17.5 Å². The maximum absolute atomic E-state index is 12.0. The first-order chi connectivity index (χ1) is 11.9. The van der Waals surface area contributed by atoms with E-state index in [0.29, 0.717) is 12.2 Å². The number of hydrogen-bond donors (Lipinski definition) is 3. The fraction of sp³-hybridized carbons (Fsp3) is 0.316. The average molecular weight is 340 g/mol. The summed E-state index contributed by atoms with van der Waals surface area (Å²) in [5, 5.41) is 8.64. The van der Waals surface area contributed by atoms with Crippen LogP contribution in [0.25, 0.3) is 0 Å². The van der Waals surface area contributed by atoms with Gasteiger partial charge in [-0.3, -0.25) is 14.6 Å². The van der Waals surface area contributed by atoms with Gasteiger partial charge < -0.3 is 16.0 Å². The summed E-state index contributed by atoms with van der Waals surface area (Å²) in [5.41, 5.74) is 1.27. The minimum Gasteiger partial charge on any atom is -0.346 e. The highest BCUT2D eigenvalue weighted by atomic mass is 16.2. The molecule has 0 bridgehead atoms. The van der Waals surface area contributed by atoms with E-state index in [1.54, 1.807) is 18.3 Å². The van der Waals surface area contributed by atoms with Crippen molar-refractivity contribution in [1.29, 1.82) is 0 Å². The third kappa shape index (κ3) is 6.00. The Bertz CT molecular complexity index is 702. The molecule has 3 N–H and O–H groups in total. The van der Waals surface area contributed by atoms with Crippen LogP contribution < -0.4 is 16.0 Å². The monoisotopic (exact) mass is 340 g/mol. The number of hydrogen-bond acceptors (Lipinski definition) is 4. The van der Waals surface area contributed by atoms with Crippen LogP contribution in [0.15, 0.2) is 54.9 Å². The molecule has 0 aliphatic heterocycles. The Hall–Kier alpha value is -2.73. The predicted molar refractivity (Wildman–Crippen MR) is 97.9 cm³/mol.